The Morgan fingerprint density at radius 3 is 2.85 bits per heavy atom. The fourth-order valence-corrected chi connectivity index (χ4v) is 3.86. The Kier molecular flexibility index (Phi) is 4.02. The van der Waals surface area contributed by atoms with E-state index >= 15 is 0 Å². The van der Waals surface area contributed by atoms with Crippen LogP contribution in [0.4, 0.5) is 0 Å². The molecule has 20 heavy (non-hydrogen) atoms. The van der Waals surface area contributed by atoms with E-state index in [1.165, 1.54) is 43.1 Å². The third-order valence-corrected chi connectivity index (χ3v) is 5.00. The van der Waals surface area contributed by atoms with Gasteiger partial charge >= 0.3 is 0 Å². The molecule has 1 aliphatic rings. The summed E-state index contributed by atoms with van der Waals surface area (Å²) in [5.74, 6) is 1.41. The molecule has 1 fully saturated rings. The summed E-state index contributed by atoms with van der Waals surface area (Å²) in [5, 5.41) is 1.22. The molecule has 1 aromatic carbocycles. The van der Waals surface area contributed by atoms with Crippen LogP contribution >= 0.6 is 0 Å². The summed E-state index contributed by atoms with van der Waals surface area (Å²) in [4.78, 5) is 4.45. The van der Waals surface area contributed by atoms with Crippen LogP contribution in [0.3, 0.4) is 0 Å². The van der Waals surface area contributed by atoms with E-state index in [0.29, 0.717) is 5.92 Å². The lowest BCUT2D eigenvalue weighted by molar-refractivity contribution is 0.197. The average Bonchev–Trinajstić information content (AvgIpc) is 2.53. The average molecular weight is 268 g/mol. The highest BCUT2D eigenvalue weighted by Crippen LogP contribution is 2.40. The van der Waals surface area contributed by atoms with Gasteiger partial charge < -0.3 is 5.73 Å². The summed E-state index contributed by atoms with van der Waals surface area (Å²) in [6, 6.07) is 10.6. The predicted octanol–water partition coefficient (Wildman–Crippen LogP) is 4.45. The first-order valence-electron chi connectivity index (χ1n) is 7.90. The van der Waals surface area contributed by atoms with Crippen molar-refractivity contribution in [3.63, 3.8) is 0 Å². The van der Waals surface area contributed by atoms with Gasteiger partial charge in [0.05, 0.1) is 5.52 Å². The van der Waals surface area contributed by atoms with Gasteiger partial charge in [0.15, 0.2) is 0 Å². The lowest BCUT2D eigenvalue weighted by Crippen LogP contribution is -2.30. The van der Waals surface area contributed by atoms with Crippen molar-refractivity contribution in [2.45, 2.75) is 45.1 Å². The van der Waals surface area contributed by atoms with Crippen LogP contribution in [0.5, 0.6) is 0 Å². The molecule has 2 N–H and O–H groups in total. The van der Waals surface area contributed by atoms with Crippen LogP contribution in [0, 0.1) is 11.8 Å². The van der Waals surface area contributed by atoms with Gasteiger partial charge in [0.25, 0.3) is 0 Å². The van der Waals surface area contributed by atoms with E-state index in [1.807, 2.05) is 12.3 Å². The Morgan fingerprint density at radius 1 is 1.20 bits per heavy atom. The number of hydrogen-bond acceptors (Lipinski definition) is 2. The number of nitrogens with zero attached hydrogens (tertiary/aromatic N) is 1. The molecule has 3 atom stereocenters. The quantitative estimate of drug-likeness (QED) is 0.893. The highest BCUT2D eigenvalue weighted by molar-refractivity contribution is 5.82. The zero-order valence-corrected chi connectivity index (χ0v) is 12.3. The number of benzene rings is 1. The number of rotatable bonds is 3. The Bertz CT molecular complexity index is 573. The monoisotopic (exact) mass is 268 g/mol. The van der Waals surface area contributed by atoms with Gasteiger partial charge in [-0.25, -0.2) is 0 Å². The SMILES string of the molecule is CCC1CCCCC1C(N)c1ccnc2ccccc12. The van der Waals surface area contributed by atoms with Gasteiger partial charge in [-0.2, -0.15) is 0 Å². The molecule has 3 rings (SSSR count). The van der Waals surface area contributed by atoms with E-state index in [1.54, 1.807) is 0 Å². The Hall–Kier alpha value is -1.41. The van der Waals surface area contributed by atoms with Crippen molar-refractivity contribution in [1.29, 1.82) is 0 Å². The van der Waals surface area contributed by atoms with Crippen LogP contribution < -0.4 is 5.73 Å². The van der Waals surface area contributed by atoms with Crippen LogP contribution in [0.1, 0.15) is 50.6 Å². The van der Waals surface area contributed by atoms with Gasteiger partial charge in [0, 0.05) is 17.6 Å². The van der Waals surface area contributed by atoms with Crippen molar-refractivity contribution in [3.05, 3.63) is 42.1 Å². The predicted molar refractivity (Wildman–Crippen MR) is 84.4 cm³/mol. The molecular weight excluding hydrogens is 244 g/mol. The number of fused-ring (bicyclic) bond motifs is 1. The van der Waals surface area contributed by atoms with E-state index < -0.39 is 0 Å². The summed E-state index contributed by atoms with van der Waals surface area (Å²) < 4.78 is 0. The highest BCUT2D eigenvalue weighted by Gasteiger charge is 2.30. The number of aromatic nitrogens is 1. The minimum Gasteiger partial charge on any atom is -0.324 e. The zero-order valence-electron chi connectivity index (χ0n) is 12.3. The maximum absolute atomic E-state index is 6.67. The molecule has 1 aromatic heterocycles. The topological polar surface area (TPSA) is 38.9 Å². The van der Waals surface area contributed by atoms with Gasteiger partial charge in [0.2, 0.25) is 0 Å². The molecule has 0 spiro atoms. The molecule has 0 saturated heterocycles. The van der Waals surface area contributed by atoms with Crippen LogP contribution in [0.2, 0.25) is 0 Å². The second-order valence-electron chi connectivity index (χ2n) is 6.06. The summed E-state index contributed by atoms with van der Waals surface area (Å²) >= 11 is 0. The van der Waals surface area contributed by atoms with Crippen molar-refractivity contribution in [1.82, 2.24) is 4.98 Å². The first-order chi connectivity index (χ1) is 9.81. The van der Waals surface area contributed by atoms with E-state index in [-0.39, 0.29) is 6.04 Å². The molecule has 1 saturated carbocycles. The maximum Gasteiger partial charge on any atom is 0.0705 e. The standard InChI is InChI=1S/C18H24N2/c1-2-13-7-3-4-8-14(13)18(19)16-11-12-20-17-10-6-5-9-15(16)17/h5-6,9-14,18H,2-4,7-8,19H2,1H3. The molecule has 1 aliphatic carbocycles. The van der Waals surface area contributed by atoms with Crippen molar-refractivity contribution in [2.75, 3.05) is 0 Å². The fraction of sp³-hybridized carbons (Fsp3) is 0.500. The third kappa shape index (κ3) is 2.45. The first-order valence-corrected chi connectivity index (χ1v) is 7.90. The summed E-state index contributed by atoms with van der Waals surface area (Å²) in [6.45, 7) is 2.31. The molecule has 0 radical (unpaired) electrons. The number of para-hydroxylation sites is 1. The first kappa shape index (κ1) is 13.6. The lowest BCUT2D eigenvalue weighted by Gasteiger charge is -2.35. The molecule has 0 bridgehead atoms. The minimum absolute atomic E-state index is 0.146. The molecule has 106 valence electrons. The van der Waals surface area contributed by atoms with Gasteiger partial charge in [-0.05, 0) is 36.0 Å². The molecule has 3 unspecified atom stereocenters. The minimum atomic E-state index is 0.146. The van der Waals surface area contributed by atoms with Crippen LogP contribution in [0.25, 0.3) is 10.9 Å². The summed E-state index contributed by atoms with van der Waals surface area (Å²) in [5.41, 5.74) is 9.01. The van der Waals surface area contributed by atoms with Crippen molar-refractivity contribution >= 4 is 10.9 Å². The van der Waals surface area contributed by atoms with Gasteiger partial charge in [-0.1, -0.05) is 50.8 Å². The molecular formula is C18H24N2. The molecule has 0 aliphatic heterocycles. The number of nitrogens with two attached hydrogens (primary N) is 1. The van der Waals surface area contributed by atoms with Crippen LogP contribution in [-0.4, -0.2) is 4.98 Å². The molecule has 1 heterocycles. The number of pyridine rings is 1. The van der Waals surface area contributed by atoms with E-state index in [0.717, 1.165) is 11.4 Å². The van der Waals surface area contributed by atoms with Gasteiger partial charge in [-0.3, -0.25) is 4.98 Å². The highest BCUT2D eigenvalue weighted by atomic mass is 14.7. The smallest absolute Gasteiger partial charge is 0.0705 e. The molecule has 2 aromatic rings. The van der Waals surface area contributed by atoms with Crippen molar-refractivity contribution in [3.8, 4) is 0 Å². The largest absolute Gasteiger partial charge is 0.324 e. The van der Waals surface area contributed by atoms with Crippen molar-refractivity contribution in [2.24, 2.45) is 17.6 Å². The normalized spacial score (nSPS) is 24.7. The van der Waals surface area contributed by atoms with Crippen LogP contribution in [0.15, 0.2) is 36.5 Å². The Balaban J connectivity index is 1.97. The Labute approximate surface area is 121 Å². The van der Waals surface area contributed by atoms with Gasteiger partial charge in [0.1, 0.15) is 0 Å². The summed E-state index contributed by atoms with van der Waals surface area (Å²) in [6.07, 6.45) is 8.48. The second kappa shape index (κ2) is 5.92. The third-order valence-electron chi connectivity index (χ3n) is 5.00. The van der Waals surface area contributed by atoms with E-state index in [9.17, 15) is 0 Å². The van der Waals surface area contributed by atoms with Crippen molar-refractivity contribution < 1.29 is 0 Å². The second-order valence-corrected chi connectivity index (χ2v) is 6.06. The van der Waals surface area contributed by atoms with E-state index in [4.69, 9.17) is 5.73 Å². The number of hydrogen-bond donors (Lipinski definition) is 1. The van der Waals surface area contributed by atoms with Gasteiger partial charge in [-0.15, -0.1) is 0 Å². The lowest BCUT2D eigenvalue weighted by atomic mass is 9.72. The molecule has 2 heteroatoms. The fourth-order valence-electron chi connectivity index (χ4n) is 3.86. The van der Waals surface area contributed by atoms with E-state index in [2.05, 4.69) is 36.2 Å². The zero-order chi connectivity index (χ0) is 13.9. The maximum atomic E-state index is 6.67. The summed E-state index contributed by atoms with van der Waals surface area (Å²) in [7, 11) is 0. The van der Waals surface area contributed by atoms with Crippen LogP contribution in [-0.2, 0) is 0 Å². The molecule has 0 amide bonds. The molecule has 2 nitrogen and oxygen atoms in total. The Morgan fingerprint density at radius 2 is 2.00 bits per heavy atom.